The quantitative estimate of drug-likeness (QED) is 0.533. The molecular weight excluding hydrogens is 494 g/mol. The molecule has 11 nitrogen and oxygen atoms in total. The number of piperazine rings is 1. The molecular formula is C27H37N3O8. The lowest BCUT2D eigenvalue weighted by atomic mass is 10.1. The summed E-state index contributed by atoms with van der Waals surface area (Å²) < 4.78 is 22.2. The second kappa shape index (κ2) is 11.0. The number of rotatable bonds is 4. The average Bonchev–Trinajstić information content (AvgIpc) is 2.77. The van der Waals surface area contributed by atoms with Gasteiger partial charge in [-0.2, -0.15) is 0 Å². The van der Waals surface area contributed by atoms with E-state index >= 15 is 0 Å². The second-order valence-corrected chi connectivity index (χ2v) is 11.3. The molecule has 38 heavy (non-hydrogen) atoms. The summed E-state index contributed by atoms with van der Waals surface area (Å²) in [7, 11) is 2.00. The first-order chi connectivity index (χ1) is 17.5. The van der Waals surface area contributed by atoms with Gasteiger partial charge < -0.3 is 28.4 Å². The zero-order chi connectivity index (χ0) is 28.4. The molecule has 1 aliphatic heterocycles. The molecule has 0 bridgehead atoms. The topological polar surface area (TPSA) is 119 Å². The number of likely N-dealkylation sites (N-methyl/N-ethyl adjacent to an activating group) is 1. The molecule has 11 heteroatoms. The van der Waals surface area contributed by atoms with E-state index in [1.165, 1.54) is 13.0 Å². The number of hydrogen-bond acceptors (Lipinski definition) is 10. The molecule has 1 aliphatic rings. The number of fused-ring (bicyclic) bond motifs is 1. The van der Waals surface area contributed by atoms with Gasteiger partial charge in [-0.05, 0) is 66.3 Å². The number of anilines is 1. The Morgan fingerprint density at radius 3 is 2.13 bits per heavy atom. The Bertz CT molecular complexity index is 1260. The lowest BCUT2D eigenvalue weighted by Crippen LogP contribution is -2.45. The van der Waals surface area contributed by atoms with Crippen molar-refractivity contribution in [2.45, 2.75) is 66.2 Å². The van der Waals surface area contributed by atoms with Crippen LogP contribution >= 0.6 is 0 Å². The van der Waals surface area contributed by atoms with Gasteiger partial charge in [-0.25, -0.2) is 14.5 Å². The highest BCUT2D eigenvalue weighted by Crippen LogP contribution is 2.31. The van der Waals surface area contributed by atoms with Gasteiger partial charge in [-0.3, -0.25) is 9.59 Å². The third-order valence-corrected chi connectivity index (χ3v) is 5.60. The van der Waals surface area contributed by atoms with Crippen molar-refractivity contribution < 1.29 is 33.0 Å². The maximum atomic E-state index is 13.6. The van der Waals surface area contributed by atoms with E-state index in [4.69, 9.17) is 18.6 Å². The van der Waals surface area contributed by atoms with Crippen LogP contribution in [0.1, 0.15) is 54.0 Å². The number of ether oxygens (including phenoxy) is 3. The molecule has 0 atom stereocenters. The van der Waals surface area contributed by atoms with E-state index in [-0.39, 0.29) is 29.1 Å². The highest BCUT2D eigenvalue weighted by molar-refractivity contribution is 5.91. The van der Waals surface area contributed by atoms with E-state index in [0.717, 1.165) is 18.0 Å². The van der Waals surface area contributed by atoms with E-state index in [1.54, 1.807) is 53.7 Å². The Morgan fingerprint density at radius 1 is 0.974 bits per heavy atom. The van der Waals surface area contributed by atoms with Crippen LogP contribution in [-0.2, 0) is 20.8 Å². The molecule has 0 unspecified atom stereocenters. The van der Waals surface area contributed by atoms with Crippen molar-refractivity contribution in [1.29, 1.82) is 0 Å². The van der Waals surface area contributed by atoms with E-state index in [1.807, 2.05) is 11.9 Å². The van der Waals surface area contributed by atoms with Crippen molar-refractivity contribution in [2.24, 2.45) is 0 Å². The van der Waals surface area contributed by atoms with Gasteiger partial charge in [0.1, 0.15) is 16.8 Å². The average molecular weight is 532 g/mol. The predicted octanol–water partition coefficient (Wildman–Crippen LogP) is 4.14. The first kappa shape index (κ1) is 29.0. The molecule has 1 aromatic carbocycles. The third kappa shape index (κ3) is 7.47. The van der Waals surface area contributed by atoms with Crippen molar-refractivity contribution in [3.63, 3.8) is 0 Å². The molecule has 0 radical (unpaired) electrons. The molecule has 0 N–H and O–H groups in total. The fraction of sp³-hybridized carbons (Fsp3) is 0.556. The second-order valence-electron chi connectivity index (χ2n) is 11.3. The van der Waals surface area contributed by atoms with Crippen molar-refractivity contribution in [2.75, 3.05) is 38.1 Å². The van der Waals surface area contributed by atoms with Gasteiger partial charge in [0.15, 0.2) is 0 Å². The summed E-state index contributed by atoms with van der Waals surface area (Å²) in [6.07, 6.45) is -1.82. The summed E-state index contributed by atoms with van der Waals surface area (Å²) in [5, 5.41) is 0.131. The highest BCUT2D eigenvalue weighted by atomic mass is 16.7. The number of nitrogens with zero attached hydrogens (tertiary/aromatic N) is 3. The van der Waals surface area contributed by atoms with Crippen LogP contribution in [0.4, 0.5) is 15.5 Å². The standard InChI is InChI=1S/C27H37N3O8/c1-17(31)30(24(33)37-26(2,3)4)16-18-9-10-20-19(15-18)21(32)22(36-25(34)38-27(5,6)7)23(35-20)29-13-11-28(8)12-14-29/h9-10,15H,11-14,16H2,1-8H3. The summed E-state index contributed by atoms with van der Waals surface area (Å²) in [6.45, 7) is 13.9. The molecule has 0 saturated carbocycles. The number of carbonyl (C=O) groups is 3. The summed E-state index contributed by atoms with van der Waals surface area (Å²) >= 11 is 0. The van der Waals surface area contributed by atoms with Crippen LogP contribution < -0.4 is 15.1 Å². The first-order valence-corrected chi connectivity index (χ1v) is 12.5. The Balaban J connectivity index is 2.03. The third-order valence-electron chi connectivity index (χ3n) is 5.60. The molecule has 1 aromatic heterocycles. The molecule has 0 spiro atoms. The molecule has 208 valence electrons. The minimum absolute atomic E-state index is 0.123. The molecule has 2 amide bonds. The van der Waals surface area contributed by atoms with Gasteiger partial charge in [-0.15, -0.1) is 0 Å². The predicted molar refractivity (Wildman–Crippen MR) is 142 cm³/mol. The molecule has 2 aromatic rings. The SMILES string of the molecule is CC(=O)N(Cc1ccc2oc(N3CCN(C)CC3)c(OC(=O)OC(C)(C)C)c(=O)c2c1)C(=O)OC(C)(C)C. The van der Waals surface area contributed by atoms with Gasteiger partial charge in [-0.1, -0.05) is 6.07 Å². The van der Waals surface area contributed by atoms with E-state index in [9.17, 15) is 19.2 Å². The fourth-order valence-electron chi connectivity index (χ4n) is 3.78. The monoisotopic (exact) mass is 531 g/mol. The van der Waals surface area contributed by atoms with Crippen LogP contribution in [0, 0.1) is 0 Å². The molecule has 1 fully saturated rings. The van der Waals surface area contributed by atoms with Crippen molar-refractivity contribution in [3.8, 4) is 5.75 Å². The number of benzene rings is 1. The van der Waals surface area contributed by atoms with Crippen molar-refractivity contribution in [1.82, 2.24) is 9.80 Å². The van der Waals surface area contributed by atoms with Crippen molar-refractivity contribution in [3.05, 3.63) is 34.0 Å². The Hall–Kier alpha value is -3.60. The number of hydrogen-bond donors (Lipinski definition) is 0. The first-order valence-electron chi connectivity index (χ1n) is 12.5. The molecule has 0 aliphatic carbocycles. The maximum Gasteiger partial charge on any atom is 0.514 e. The number of imide groups is 1. The molecule has 2 heterocycles. The van der Waals surface area contributed by atoms with Crippen molar-refractivity contribution >= 4 is 35.0 Å². The minimum Gasteiger partial charge on any atom is -0.443 e. The van der Waals surface area contributed by atoms with E-state index in [2.05, 4.69) is 4.90 Å². The van der Waals surface area contributed by atoms with Crippen LogP contribution in [0.2, 0.25) is 0 Å². The van der Waals surface area contributed by atoms with Crippen LogP contribution in [-0.4, -0.2) is 72.4 Å². The fourth-order valence-corrected chi connectivity index (χ4v) is 3.78. The largest absolute Gasteiger partial charge is 0.514 e. The summed E-state index contributed by atoms with van der Waals surface area (Å²) in [5.74, 6) is -0.636. The normalized spacial score (nSPS) is 14.8. The van der Waals surface area contributed by atoms with E-state index in [0.29, 0.717) is 18.7 Å². The lowest BCUT2D eigenvalue weighted by molar-refractivity contribution is -0.128. The minimum atomic E-state index is -1.02. The Morgan fingerprint density at radius 2 is 1.58 bits per heavy atom. The van der Waals surface area contributed by atoms with Gasteiger partial charge in [0.25, 0.3) is 0 Å². The lowest BCUT2D eigenvalue weighted by Gasteiger charge is -2.33. The van der Waals surface area contributed by atoms with Gasteiger partial charge >= 0.3 is 12.2 Å². The van der Waals surface area contributed by atoms with Crippen LogP contribution in [0.15, 0.2) is 27.4 Å². The Kier molecular flexibility index (Phi) is 8.40. The maximum absolute atomic E-state index is 13.6. The van der Waals surface area contributed by atoms with Gasteiger partial charge in [0.05, 0.1) is 11.9 Å². The summed E-state index contributed by atoms with van der Waals surface area (Å²) in [4.78, 5) is 55.9. The summed E-state index contributed by atoms with van der Waals surface area (Å²) in [5.41, 5.74) is -1.42. The zero-order valence-electron chi connectivity index (χ0n) is 23.4. The van der Waals surface area contributed by atoms with Crippen LogP contribution in [0.25, 0.3) is 11.0 Å². The van der Waals surface area contributed by atoms with Crippen LogP contribution in [0.5, 0.6) is 5.75 Å². The van der Waals surface area contributed by atoms with Gasteiger partial charge in [0, 0.05) is 33.1 Å². The zero-order valence-corrected chi connectivity index (χ0v) is 23.4. The molecule has 1 saturated heterocycles. The number of carbonyl (C=O) groups excluding carboxylic acids is 3. The van der Waals surface area contributed by atoms with E-state index < -0.39 is 34.8 Å². The van der Waals surface area contributed by atoms with Crippen LogP contribution in [0.3, 0.4) is 0 Å². The smallest absolute Gasteiger partial charge is 0.443 e. The van der Waals surface area contributed by atoms with Gasteiger partial charge in [0.2, 0.25) is 23.0 Å². The summed E-state index contributed by atoms with van der Waals surface area (Å²) in [6, 6.07) is 4.77. The Labute approximate surface area is 222 Å². The molecule has 3 rings (SSSR count). The number of amides is 2. The highest BCUT2D eigenvalue weighted by Gasteiger charge is 2.29.